The van der Waals surface area contributed by atoms with Crippen molar-refractivity contribution in [3.05, 3.63) is 29.8 Å². The van der Waals surface area contributed by atoms with E-state index in [1.165, 1.54) is 0 Å². The number of carbonyl (C=O) groups excluding carboxylic acids is 1. The standard InChI is InChI=1S/C11H14INOS/c1-15-10-6-3-2-5-9(10)11(14)13-8-4-7-12/h2-3,5-6H,4,7-8H2,1H3,(H,13,14). The van der Waals surface area contributed by atoms with Crippen molar-refractivity contribution >= 4 is 40.3 Å². The lowest BCUT2D eigenvalue weighted by Gasteiger charge is -2.07. The number of alkyl halides is 1. The number of amides is 1. The van der Waals surface area contributed by atoms with E-state index in [-0.39, 0.29) is 5.91 Å². The molecule has 1 N–H and O–H groups in total. The van der Waals surface area contributed by atoms with Gasteiger partial charge < -0.3 is 5.32 Å². The average Bonchev–Trinajstić information content (AvgIpc) is 2.29. The van der Waals surface area contributed by atoms with Gasteiger partial charge in [0.2, 0.25) is 0 Å². The highest BCUT2D eigenvalue weighted by Gasteiger charge is 2.08. The molecule has 1 rings (SSSR count). The predicted octanol–water partition coefficient (Wildman–Crippen LogP) is 2.96. The molecule has 0 aromatic heterocycles. The lowest BCUT2D eigenvalue weighted by Crippen LogP contribution is -2.25. The van der Waals surface area contributed by atoms with Gasteiger partial charge in [0.25, 0.3) is 5.91 Å². The van der Waals surface area contributed by atoms with Gasteiger partial charge in [-0.15, -0.1) is 11.8 Å². The average molecular weight is 335 g/mol. The Morgan fingerprint density at radius 1 is 1.47 bits per heavy atom. The van der Waals surface area contributed by atoms with Gasteiger partial charge in [-0.2, -0.15) is 0 Å². The van der Waals surface area contributed by atoms with Crippen LogP contribution in [0.5, 0.6) is 0 Å². The van der Waals surface area contributed by atoms with Gasteiger partial charge in [-0.1, -0.05) is 34.7 Å². The zero-order valence-electron chi connectivity index (χ0n) is 8.63. The lowest BCUT2D eigenvalue weighted by atomic mass is 10.2. The number of thioether (sulfide) groups is 1. The van der Waals surface area contributed by atoms with E-state index in [4.69, 9.17) is 0 Å². The van der Waals surface area contributed by atoms with E-state index < -0.39 is 0 Å². The monoisotopic (exact) mass is 335 g/mol. The fraction of sp³-hybridized carbons (Fsp3) is 0.364. The zero-order valence-corrected chi connectivity index (χ0v) is 11.6. The van der Waals surface area contributed by atoms with E-state index in [1.807, 2.05) is 30.5 Å². The normalized spacial score (nSPS) is 10.0. The van der Waals surface area contributed by atoms with Gasteiger partial charge in [0.05, 0.1) is 5.56 Å². The summed E-state index contributed by atoms with van der Waals surface area (Å²) in [6.07, 6.45) is 3.00. The van der Waals surface area contributed by atoms with Crippen molar-refractivity contribution in [1.82, 2.24) is 5.32 Å². The van der Waals surface area contributed by atoms with Gasteiger partial charge in [-0.3, -0.25) is 4.79 Å². The lowest BCUT2D eigenvalue weighted by molar-refractivity contribution is 0.0951. The van der Waals surface area contributed by atoms with Crippen LogP contribution in [0.2, 0.25) is 0 Å². The van der Waals surface area contributed by atoms with Crippen molar-refractivity contribution < 1.29 is 4.79 Å². The van der Waals surface area contributed by atoms with Crippen molar-refractivity contribution in [3.8, 4) is 0 Å². The largest absolute Gasteiger partial charge is 0.352 e. The van der Waals surface area contributed by atoms with Crippen LogP contribution in [-0.2, 0) is 0 Å². The first kappa shape index (κ1) is 12.8. The van der Waals surface area contributed by atoms with E-state index in [0.717, 1.165) is 27.9 Å². The Kier molecular flexibility index (Phi) is 6.09. The first-order chi connectivity index (χ1) is 7.29. The van der Waals surface area contributed by atoms with Gasteiger partial charge in [-0.05, 0) is 24.8 Å². The van der Waals surface area contributed by atoms with Crippen molar-refractivity contribution in [1.29, 1.82) is 0 Å². The maximum Gasteiger partial charge on any atom is 0.252 e. The molecule has 0 saturated carbocycles. The summed E-state index contributed by atoms with van der Waals surface area (Å²) < 4.78 is 1.07. The van der Waals surface area contributed by atoms with Crippen molar-refractivity contribution in [2.75, 3.05) is 17.2 Å². The van der Waals surface area contributed by atoms with Gasteiger partial charge in [0.15, 0.2) is 0 Å². The summed E-state index contributed by atoms with van der Waals surface area (Å²) in [6.45, 7) is 0.754. The third kappa shape index (κ3) is 4.03. The van der Waals surface area contributed by atoms with Crippen molar-refractivity contribution in [3.63, 3.8) is 0 Å². The molecular weight excluding hydrogens is 321 g/mol. The van der Waals surface area contributed by atoms with E-state index in [1.54, 1.807) is 11.8 Å². The quantitative estimate of drug-likeness (QED) is 0.388. The van der Waals surface area contributed by atoms with E-state index in [0.29, 0.717) is 0 Å². The summed E-state index contributed by atoms with van der Waals surface area (Å²) in [6, 6.07) is 7.68. The molecule has 0 aliphatic rings. The fourth-order valence-electron chi connectivity index (χ4n) is 1.20. The summed E-state index contributed by atoms with van der Waals surface area (Å²) in [5.74, 6) is 0.0322. The summed E-state index contributed by atoms with van der Waals surface area (Å²) >= 11 is 3.91. The maximum absolute atomic E-state index is 11.8. The second-order valence-electron chi connectivity index (χ2n) is 3.00. The number of halogens is 1. The Hall–Kier alpha value is -0.230. The van der Waals surface area contributed by atoms with Crippen LogP contribution in [0.25, 0.3) is 0 Å². The molecule has 0 heterocycles. The Morgan fingerprint density at radius 2 is 2.20 bits per heavy atom. The van der Waals surface area contributed by atoms with Crippen LogP contribution in [0.15, 0.2) is 29.2 Å². The molecule has 82 valence electrons. The SMILES string of the molecule is CSc1ccccc1C(=O)NCCCI. The Morgan fingerprint density at radius 3 is 2.87 bits per heavy atom. The van der Waals surface area contributed by atoms with Gasteiger partial charge in [0, 0.05) is 15.9 Å². The molecule has 0 fully saturated rings. The molecule has 0 saturated heterocycles. The summed E-state index contributed by atoms with van der Waals surface area (Å²) in [7, 11) is 0. The summed E-state index contributed by atoms with van der Waals surface area (Å²) in [5.41, 5.74) is 0.776. The van der Waals surface area contributed by atoms with Crippen LogP contribution in [0.3, 0.4) is 0 Å². The summed E-state index contributed by atoms with van der Waals surface area (Å²) in [5, 5.41) is 2.92. The molecule has 0 atom stereocenters. The molecule has 1 aromatic carbocycles. The predicted molar refractivity (Wildman–Crippen MR) is 74.1 cm³/mol. The Balaban J connectivity index is 2.64. The highest BCUT2D eigenvalue weighted by Crippen LogP contribution is 2.19. The molecule has 4 heteroatoms. The molecule has 1 aromatic rings. The third-order valence-corrected chi connectivity index (χ3v) is 3.51. The minimum Gasteiger partial charge on any atom is -0.352 e. The van der Waals surface area contributed by atoms with Crippen LogP contribution in [-0.4, -0.2) is 23.1 Å². The number of carbonyl (C=O) groups is 1. The maximum atomic E-state index is 11.8. The molecule has 2 nitrogen and oxygen atoms in total. The van der Waals surface area contributed by atoms with Crippen molar-refractivity contribution in [2.24, 2.45) is 0 Å². The van der Waals surface area contributed by atoms with Crippen LogP contribution >= 0.6 is 34.4 Å². The minimum atomic E-state index is 0.0322. The Labute approximate surface area is 108 Å². The molecule has 0 bridgehead atoms. The molecule has 1 amide bonds. The van der Waals surface area contributed by atoms with E-state index >= 15 is 0 Å². The topological polar surface area (TPSA) is 29.1 Å². The van der Waals surface area contributed by atoms with Crippen LogP contribution < -0.4 is 5.32 Å². The summed E-state index contributed by atoms with van der Waals surface area (Å²) in [4.78, 5) is 12.8. The molecule has 0 spiro atoms. The number of rotatable bonds is 5. The first-order valence-electron chi connectivity index (χ1n) is 4.76. The van der Waals surface area contributed by atoms with E-state index in [2.05, 4.69) is 27.9 Å². The molecule has 0 unspecified atom stereocenters. The highest BCUT2D eigenvalue weighted by atomic mass is 127. The van der Waals surface area contributed by atoms with Crippen LogP contribution in [0, 0.1) is 0 Å². The van der Waals surface area contributed by atoms with Crippen LogP contribution in [0.4, 0.5) is 0 Å². The number of hydrogen-bond donors (Lipinski definition) is 1. The smallest absolute Gasteiger partial charge is 0.252 e. The molecular formula is C11H14INOS. The minimum absolute atomic E-state index is 0.0322. The number of benzene rings is 1. The Bertz CT molecular complexity index is 330. The van der Waals surface area contributed by atoms with Gasteiger partial charge in [0.1, 0.15) is 0 Å². The van der Waals surface area contributed by atoms with E-state index in [9.17, 15) is 4.79 Å². The van der Waals surface area contributed by atoms with Gasteiger partial charge in [-0.25, -0.2) is 0 Å². The molecule has 0 aliphatic carbocycles. The second-order valence-corrected chi connectivity index (χ2v) is 4.93. The third-order valence-electron chi connectivity index (χ3n) is 1.95. The van der Waals surface area contributed by atoms with Crippen molar-refractivity contribution in [2.45, 2.75) is 11.3 Å². The number of hydrogen-bond acceptors (Lipinski definition) is 2. The zero-order chi connectivity index (χ0) is 11.1. The van der Waals surface area contributed by atoms with Gasteiger partial charge >= 0.3 is 0 Å². The molecule has 0 radical (unpaired) electrons. The van der Waals surface area contributed by atoms with Crippen LogP contribution in [0.1, 0.15) is 16.8 Å². The second kappa shape index (κ2) is 7.11. The first-order valence-corrected chi connectivity index (χ1v) is 7.51. The molecule has 15 heavy (non-hydrogen) atoms. The number of nitrogens with one attached hydrogen (secondary N) is 1. The molecule has 0 aliphatic heterocycles. The highest BCUT2D eigenvalue weighted by molar-refractivity contribution is 14.1. The fourth-order valence-corrected chi connectivity index (χ4v) is 2.17.